The molecule has 3 rings (SSSR count). The van der Waals surface area contributed by atoms with Crippen molar-refractivity contribution in [2.75, 3.05) is 6.54 Å². The van der Waals surface area contributed by atoms with E-state index in [0.717, 1.165) is 38.1 Å². The number of aromatic amines is 1. The molecule has 1 aliphatic rings. The fourth-order valence-electron chi connectivity index (χ4n) is 3.45. The Bertz CT molecular complexity index is 858. The molecular weight excluding hydrogens is 320 g/mol. The lowest BCUT2D eigenvalue weighted by atomic mass is 9.78. The first kappa shape index (κ1) is 17.9. The maximum atomic E-state index is 12.3. The summed E-state index contributed by atoms with van der Waals surface area (Å²) in [6.45, 7) is 6.49. The highest BCUT2D eigenvalue weighted by atomic mass is 16.2. The highest BCUT2D eigenvalue weighted by Crippen LogP contribution is 2.28. The van der Waals surface area contributed by atoms with Gasteiger partial charge < -0.3 is 15.6 Å². The van der Waals surface area contributed by atoms with Crippen LogP contribution in [-0.4, -0.2) is 31.2 Å². The molecule has 1 fully saturated rings. The van der Waals surface area contributed by atoms with Crippen molar-refractivity contribution in [2.45, 2.75) is 71.1 Å². The van der Waals surface area contributed by atoms with Crippen LogP contribution in [0.4, 0.5) is 0 Å². The number of aryl methyl sites for hydroxylation is 2. The number of aromatic nitrogens is 4. The molecule has 138 valence electrons. The van der Waals surface area contributed by atoms with Crippen LogP contribution in [0.25, 0.3) is 11.2 Å². The Morgan fingerprint density at radius 1 is 1.28 bits per heavy atom. The molecule has 2 heterocycles. The van der Waals surface area contributed by atoms with Crippen molar-refractivity contribution in [3.05, 3.63) is 26.7 Å². The van der Waals surface area contributed by atoms with Crippen LogP contribution >= 0.6 is 0 Å². The summed E-state index contributed by atoms with van der Waals surface area (Å²) >= 11 is 0. The van der Waals surface area contributed by atoms with Gasteiger partial charge in [-0.2, -0.15) is 0 Å². The second kappa shape index (κ2) is 7.13. The molecule has 0 aromatic carbocycles. The summed E-state index contributed by atoms with van der Waals surface area (Å²) in [6.07, 6.45) is 5.10. The van der Waals surface area contributed by atoms with Gasteiger partial charge in [-0.25, -0.2) is 9.78 Å². The fraction of sp³-hybridized carbons (Fsp3) is 0.706. The average molecular weight is 348 g/mol. The maximum absolute atomic E-state index is 12.3. The van der Waals surface area contributed by atoms with E-state index >= 15 is 0 Å². The Morgan fingerprint density at radius 2 is 2.04 bits per heavy atom. The van der Waals surface area contributed by atoms with E-state index in [9.17, 15) is 9.59 Å². The van der Waals surface area contributed by atoms with E-state index in [1.165, 1.54) is 6.42 Å². The number of nitrogens with zero attached hydrogens (tertiary/aromatic N) is 3. The highest BCUT2D eigenvalue weighted by molar-refractivity contribution is 5.70. The minimum Gasteiger partial charge on any atom is -0.324 e. The summed E-state index contributed by atoms with van der Waals surface area (Å²) in [5, 5.41) is 3.37. The van der Waals surface area contributed by atoms with Crippen molar-refractivity contribution in [3.63, 3.8) is 0 Å². The molecule has 0 amide bonds. The van der Waals surface area contributed by atoms with Gasteiger partial charge in [0.25, 0.3) is 5.56 Å². The topological polar surface area (TPSA) is 111 Å². The van der Waals surface area contributed by atoms with E-state index in [-0.39, 0.29) is 16.8 Å². The second-order valence-electron chi connectivity index (χ2n) is 7.03. The number of imidazole rings is 1. The molecule has 4 N–H and O–H groups in total. The molecule has 1 saturated carbocycles. The van der Waals surface area contributed by atoms with Gasteiger partial charge in [0.1, 0.15) is 5.82 Å². The third kappa shape index (κ3) is 3.41. The van der Waals surface area contributed by atoms with Crippen molar-refractivity contribution < 1.29 is 0 Å². The first-order chi connectivity index (χ1) is 12.0. The lowest BCUT2D eigenvalue weighted by molar-refractivity contribution is 0.238. The van der Waals surface area contributed by atoms with Gasteiger partial charge in [-0.1, -0.05) is 13.3 Å². The van der Waals surface area contributed by atoms with Crippen LogP contribution in [0.15, 0.2) is 9.59 Å². The first-order valence-corrected chi connectivity index (χ1v) is 9.21. The Hall–Kier alpha value is -1.93. The number of H-pyrrole nitrogens is 1. The second-order valence-corrected chi connectivity index (χ2v) is 7.03. The molecule has 2 aromatic rings. The summed E-state index contributed by atoms with van der Waals surface area (Å²) < 4.78 is 3.46. The number of hydrogen-bond donors (Lipinski definition) is 3. The predicted octanol–water partition coefficient (Wildman–Crippen LogP) is 0.677. The van der Waals surface area contributed by atoms with Gasteiger partial charge in [-0.15, -0.1) is 0 Å². The normalized spacial score (nSPS) is 16.3. The Kier molecular flexibility index (Phi) is 5.10. The van der Waals surface area contributed by atoms with E-state index in [1.807, 2.05) is 11.5 Å². The smallest absolute Gasteiger partial charge is 0.324 e. The lowest BCUT2D eigenvalue weighted by Gasteiger charge is -2.38. The average Bonchev–Trinajstić information content (AvgIpc) is 2.92. The van der Waals surface area contributed by atoms with Gasteiger partial charge in [0.2, 0.25) is 0 Å². The van der Waals surface area contributed by atoms with Gasteiger partial charge in [-0.05, 0) is 32.6 Å². The van der Waals surface area contributed by atoms with E-state index in [1.54, 1.807) is 4.57 Å². The lowest BCUT2D eigenvalue weighted by Crippen LogP contribution is -2.53. The minimum absolute atomic E-state index is 0.107. The van der Waals surface area contributed by atoms with Crippen LogP contribution in [0, 0.1) is 0 Å². The predicted molar refractivity (Wildman–Crippen MR) is 97.7 cm³/mol. The van der Waals surface area contributed by atoms with Crippen molar-refractivity contribution in [3.8, 4) is 0 Å². The largest absolute Gasteiger partial charge is 0.330 e. The summed E-state index contributed by atoms with van der Waals surface area (Å²) in [7, 11) is 0. The van der Waals surface area contributed by atoms with Gasteiger partial charge in [0.15, 0.2) is 11.2 Å². The third-order valence-electron chi connectivity index (χ3n) is 5.13. The summed E-state index contributed by atoms with van der Waals surface area (Å²) in [6, 6.07) is 0. The number of fused-ring (bicyclic) bond motifs is 1. The van der Waals surface area contributed by atoms with Gasteiger partial charge >= 0.3 is 5.69 Å². The molecule has 2 aromatic heterocycles. The molecule has 0 radical (unpaired) electrons. The maximum Gasteiger partial charge on any atom is 0.330 e. The van der Waals surface area contributed by atoms with Crippen LogP contribution in [0.3, 0.4) is 0 Å². The zero-order valence-corrected chi connectivity index (χ0v) is 15.1. The monoisotopic (exact) mass is 348 g/mol. The fourth-order valence-corrected chi connectivity index (χ4v) is 3.45. The Morgan fingerprint density at radius 3 is 2.64 bits per heavy atom. The Balaban J connectivity index is 1.94. The first-order valence-electron chi connectivity index (χ1n) is 9.21. The number of hydrogen-bond acceptors (Lipinski definition) is 5. The van der Waals surface area contributed by atoms with E-state index < -0.39 is 0 Å². The van der Waals surface area contributed by atoms with Crippen molar-refractivity contribution >= 4 is 11.2 Å². The van der Waals surface area contributed by atoms with Crippen molar-refractivity contribution in [2.24, 2.45) is 5.73 Å². The van der Waals surface area contributed by atoms with E-state index in [4.69, 9.17) is 5.73 Å². The van der Waals surface area contributed by atoms with Crippen LogP contribution in [0.1, 0.15) is 51.8 Å². The molecule has 0 unspecified atom stereocenters. The zero-order chi connectivity index (χ0) is 18.0. The minimum atomic E-state index is -0.387. The number of nitrogens with two attached hydrogens (primary N) is 1. The van der Waals surface area contributed by atoms with E-state index in [2.05, 4.69) is 22.2 Å². The highest BCUT2D eigenvalue weighted by Gasteiger charge is 2.31. The summed E-state index contributed by atoms with van der Waals surface area (Å²) in [4.78, 5) is 31.6. The molecule has 0 saturated heterocycles. The molecule has 0 aliphatic heterocycles. The zero-order valence-electron chi connectivity index (χ0n) is 15.1. The molecule has 0 atom stereocenters. The van der Waals surface area contributed by atoms with Gasteiger partial charge in [0.05, 0.1) is 6.54 Å². The van der Waals surface area contributed by atoms with Gasteiger partial charge in [0, 0.05) is 25.2 Å². The van der Waals surface area contributed by atoms with Crippen molar-refractivity contribution in [1.82, 2.24) is 24.4 Å². The summed E-state index contributed by atoms with van der Waals surface area (Å²) in [5.74, 6) is 0.766. The van der Waals surface area contributed by atoms with Crippen LogP contribution in [0.5, 0.6) is 0 Å². The van der Waals surface area contributed by atoms with Crippen LogP contribution < -0.4 is 22.3 Å². The molecular formula is C17H28N6O2. The molecule has 8 heteroatoms. The number of nitrogens with one attached hydrogen (secondary N) is 2. The molecule has 1 aliphatic carbocycles. The Labute approximate surface area is 146 Å². The summed E-state index contributed by atoms with van der Waals surface area (Å²) in [5.41, 5.74) is 6.33. The molecule has 25 heavy (non-hydrogen) atoms. The van der Waals surface area contributed by atoms with Crippen LogP contribution in [-0.2, 0) is 19.6 Å². The SMILES string of the molecule is CCCCn1c(=O)[nH]c(=O)c2c1nc(CNCC1(N)CCC1)n2CC. The van der Waals surface area contributed by atoms with Gasteiger partial charge in [-0.3, -0.25) is 14.3 Å². The third-order valence-corrected chi connectivity index (χ3v) is 5.13. The molecule has 0 spiro atoms. The van der Waals surface area contributed by atoms with Crippen LogP contribution in [0.2, 0.25) is 0 Å². The standard InChI is InChI=1S/C17H28N6O2/c1-3-5-9-23-14-13(15(24)21-16(23)25)22(4-2)12(20-14)10-19-11-17(18)7-6-8-17/h19H,3-11,18H2,1-2H3,(H,21,24,25). The molecule has 8 nitrogen and oxygen atoms in total. The number of unbranched alkanes of at least 4 members (excludes halogenated alkanes) is 1. The number of rotatable bonds is 8. The van der Waals surface area contributed by atoms with Crippen molar-refractivity contribution in [1.29, 1.82) is 0 Å². The van der Waals surface area contributed by atoms with E-state index in [0.29, 0.717) is 30.8 Å². The quantitative estimate of drug-likeness (QED) is 0.649. The molecule has 0 bridgehead atoms.